The fourth-order valence-electron chi connectivity index (χ4n) is 1.19. The Morgan fingerprint density at radius 1 is 1.37 bits per heavy atom. The smallest absolute Gasteiger partial charge is 0.383 e. The maximum absolute atomic E-state index is 12.7. The molecular formula is C10H14BrF4NO3. The predicted octanol–water partition coefficient (Wildman–Crippen LogP) is 1.76. The number of hydrogen-bond donors (Lipinski definition) is 1. The molecule has 9 heteroatoms. The summed E-state index contributed by atoms with van der Waals surface area (Å²) in [6.07, 6.45) is -3.77. The molecule has 112 valence electrons. The third-order valence-electron chi connectivity index (χ3n) is 2.24. The number of rotatable bonds is 9. The topological polar surface area (TPSA) is 55.4 Å². The summed E-state index contributed by atoms with van der Waals surface area (Å²) in [5.41, 5.74) is 0. The molecule has 0 aromatic carbocycles. The van der Waals surface area contributed by atoms with E-state index in [2.05, 4.69) is 15.9 Å². The fraction of sp³-hybridized carbons (Fsp3) is 0.800. The van der Waals surface area contributed by atoms with Crippen LogP contribution in [0.3, 0.4) is 0 Å². The molecule has 0 aliphatic carbocycles. The molecule has 0 aliphatic rings. The van der Waals surface area contributed by atoms with Crippen molar-refractivity contribution in [2.45, 2.75) is 31.2 Å². The van der Waals surface area contributed by atoms with Crippen molar-refractivity contribution in [1.29, 1.82) is 0 Å². The highest BCUT2D eigenvalue weighted by molar-refractivity contribution is 9.09. The Kier molecular flexibility index (Phi) is 8.15. The molecular weight excluding hydrogens is 338 g/mol. The lowest BCUT2D eigenvalue weighted by molar-refractivity contribution is -0.170. The number of hydrogen-bond acceptors (Lipinski definition) is 3. The second-order valence-electron chi connectivity index (χ2n) is 3.68. The summed E-state index contributed by atoms with van der Waals surface area (Å²) < 4.78 is 54.2. The number of carbonyl (C=O) groups excluding carboxylic acids is 2. The maximum Gasteiger partial charge on any atom is 0.383 e. The Hall–Kier alpha value is -0.700. The van der Waals surface area contributed by atoms with E-state index in [0.29, 0.717) is 6.42 Å². The minimum Gasteiger partial charge on any atom is -0.385 e. The first-order valence-corrected chi connectivity index (χ1v) is 6.44. The zero-order valence-corrected chi connectivity index (χ0v) is 11.7. The Bertz CT molecular complexity index is 315. The summed E-state index contributed by atoms with van der Waals surface area (Å²) in [5.74, 6) is -7.54. The Balaban J connectivity index is 4.63. The predicted molar refractivity (Wildman–Crippen MR) is 62.8 cm³/mol. The number of alkyl halides is 5. The van der Waals surface area contributed by atoms with Crippen LogP contribution in [0.15, 0.2) is 0 Å². The maximum atomic E-state index is 12.7. The van der Waals surface area contributed by atoms with Crippen molar-refractivity contribution in [3.8, 4) is 0 Å². The summed E-state index contributed by atoms with van der Waals surface area (Å²) in [7, 11) is 1.41. The lowest BCUT2D eigenvalue weighted by atomic mass is 10.1. The minimum absolute atomic E-state index is 0.0311. The van der Waals surface area contributed by atoms with Crippen molar-refractivity contribution in [2.75, 3.05) is 19.0 Å². The molecule has 0 spiro atoms. The first-order valence-electron chi connectivity index (χ1n) is 5.31. The van der Waals surface area contributed by atoms with Gasteiger partial charge < -0.3 is 10.1 Å². The van der Waals surface area contributed by atoms with Crippen molar-refractivity contribution in [1.82, 2.24) is 5.32 Å². The number of ketones is 1. The molecule has 0 saturated carbocycles. The monoisotopic (exact) mass is 351 g/mol. The Morgan fingerprint density at radius 2 is 1.95 bits per heavy atom. The molecule has 19 heavy (non-hydrogen) atoms. The van der Waals surface area contributed by atoms with Crippen LogP contribution in [0.2, 0.25) is 0 Å². The second-order valence-corrected chi connectivity index (χ2v) is 4.25. The zero-order chi connectivity index (χ0) is 15.1. The lowest BCUT2D eigenvalue weighted by Gasteiger charge is -2.20. The minimum atomic E-state index is -4.81. The molecule has 0 aliphatic heterocycles. The number of nitrogens with one attached hydrogen (secondary N) is 1. The van der Waals surface area contributed by atoms with Crippen molar-refractivity contribution < 1.29 is 31.9 Å². The highest BCUT2D eigenvalue weighted by Gasteiger charge is 2.49. The average molecular weight is 352 g/mol. The highest BCUT2D eigenvalue weighted by Crippen LogP contribution is 2.23. The first-order chi connectivity index (χ1) is 8.77. The number of halogens is 5. The Morgan fingerprint density at radius 3 is 2.37 bits per heavy atom. The van der Waals surface area contributed by atoms with Gasteiger partial charge in [0.25, 0.3) is 5.91 Å². The van der Waals surface area contributed by atoms with Crippen LogP contribution in [0.25, 0.3) is 0 Å². The molecule has 0 radical (unpaired) electrons. The van der Waals surface area contributed by atoms with Crippen LogP contribution in [0.1, 0.15) is 12.8 Å². The quantitative estimate of drug-likeness (QED) is 0.391. The summed E-state index contributed by atoms with van der Waals surface area (Å²) in [6.45, 7) is 0.257. The van der Waals surface area contributed by atoms with Crippen LogP contribution in [0, 0.1) is 0 Å². The van der Waals surface area contributed by atoms with Gasteiger partial charge in [-0.2, -0.15) is 8.78 Å². The van der Waals surface area contributed by atoms with Gasteiger partial charge in [0, 0.05) is 13.7 Å². The van der Waals surface area contributed by atoms with E-state index >= 15 is 0 Å². The third kappa shape index (κ3) is 5.85. The first kappa shape index (κ1) is 18.3. The van der Waals surface area contributed by atoms with E-state index in [1.54, 1.807) is 5.32 Å². The van der Waals surface area contributed by atoms with E-state index in [0.717, 1.165) is 0 Å². The Labute approximate surface area is 116 Å². The molecule has 0 aromatic rings. The molecule has 1 unspecified atom stereocenters. The number of Topliss-reactive ketones (excluding diaryl/α,β-unsaturated/α-hetero) is 1. The molecule has 0 aromatic heterocycles. The molecule has 1 N–H and O–H groups in total. The van der Waals surface area contributed by atoms with Crippen molar-refractivity contribution in [3.63, 3.8) is 0 Å². The number of methoxy groups -OCH3 is 1. The van der Waals surface area contributed by atoms with E-state index < -0.39 is 30.1 Å². The standard InChI is InChI=1S/C10H14BrF4NO3/c1-19-4-2-3-6(7(17)5-11)16-9(18)10(14,15)8(12)13/h6,8H,2-5H2,1H3,(H,16,18). The second kappa shape index (κ2) is 8.47. The van der Waals surface area contributed by atoms with E-state index in [1.165, 1.54) is 7.11 Å². The molecule has 0 fully saturated rings. The summed E-state index contributed by atoms with van der Waals surface area (Å²) >= 11 is 2.83. The number of ether oxygens (including phenoxy) is 1. The third-order valence-corrected chi connectivity index (χ3v) is 2.80. The van der Waals surface area contributed by atoms with Crippen LogP contribution < -0.4 is 5.32 Å². The number of carbonyl (C=O) groups is 2. The summed E-state index contributed by atoms with van der Waals surface area (Å²) in [4.78, 5) is 22.4. The summed E-state index contributed by atoms with van der Waals surface area (Å²) in [5, 5.41) is 1.47. The average Bonchev–Trinajstić information content (AvgIpc) is 2.36. The molecule has 0 bridgehead atoms. The van der Waals surface area contributed by atoms with Crippen molar-refractivity contribution in [2.24, 2.45) is 0 Å². The molecule has 4 nitrogen and oxygen atoms in total. The summed E-state index contributed by atoms with van der Waals surface area (Å²) in [6, 6.07) is -1.24. The van der Waals surface area contributed by atoms with Gasteiger partial charge in [-0.25, -0.2) is 8.78 Å². The van der Waals surface area contributed by atoms with Crippen LogP contribution in [0.4, 0.5) is 17.6 Å². The van der Waals surface area contributed by atoms with Gasteiger partial charge in [-0.3, -0.25) is 9.59 Å². The van der Waals surface area contributed by atoms with Crippen LogP contribution in [-0.2, 0) is 14.3 Å². The van der Waals surface area contributed by atoms with Gasteiger partial charge in [0.2, 0.25) is 0 Å². The van der Waals surface area contributed by atoms with Gasteiger partial charge in [-0.05, 0) is 12.8 Å². The van der Waals surface area contributed by atoms with E-state index in [9.17, 15) is 27.2 Å². The van der Waals surface area contributed by atoms with Gasteiger partial charge >= 0.3 is 12.3 Å². The van der Waals surface area contributed by atoms with Gasteiger partial charge in [0.15, 0.2) is 5.78 Å². The van der Waals surface area contributed by atoms with E-state index in [4.69, 9.17) is 4.74 Å². The van der Waals surface area contributed by atoms with Crippen molar-refractivity contribution in [3.05, 3.63) is 0 Å². The molecule has 0 heterocycles. The van der Waals surface area contributed by atoms with Crippen LogP contribution in [0.5, 0.6) is 0 Å². The van der Waals surface area contributed by atoms with E-state index in [1.807, 2.05) is 0 Å². The van der Waals surface area contributed by atoms with Gasteiger partial charge in [0.05, 0.1) is 11.4 Å². The largest absolute Gasteiger partial charge is 0.385 e. The zero-order valence-electron chi connectivity index (χ0n) is 10.1. The van der Waals surface area contributed by atoms with E-state index in [-0.39, 0.29) is 18.4 Å². The van der Waals surface area contributed by atoms with Crippen LogP contribution >= 0.6 is 15.9 Å². The molecule has 1 atom stereocenters. The molecule has 0 saturated heterocycles. The van der Waals surface area contributed by atoms with Gasteiger partial charge in [-0.15, -0.1) is 0 Å². The lowest BCUT2D eigenvalue weighted by Crippen LogP contribution is -2.51. The fourth-order valence-corrected chi connectivity index (χ4v) is 1.58. The highest BCUT2D eigenvalue weighted by atomic mass is 79.9. The van der Waals surface area contributed by atoms with Crippen molar-refractivity contribution >= 4 is 27.6 Å². The number of amides is 1. The normalized spacial score (nSPS) is 13.4. The van der Waals surface area contributed by atoms with Gasteiger partial charge in [-0.1, -0.05) is 15.9 Å². The molecule has 1 amide bonds. The van der Waals surface area contributed by atoms with Gasteiger partial charge in [0.1, 0.15) is 0 Å². The SMILES string of the molecule is COCCCC(NC(=O)C(F)(F)C(F)F)C(=O)CBr. The molecule has 0 rings (SSSR count). The van der Waals surface area contributed by atoms with Crippen LogP contribution in [-0.4, -0.2) is 49.1 Å².